The highest BCUT2D eigenvalue weighted by Gasteiger charge is 2.02. The zero-order valence-corrected chi connectivity index (χ0v) is 7.78. The molecular weight excluding hydrogens is 182 g/mol. The van der Waals surface area contributed by atoms with E-state index in [4.69, 9.17) is 5.53 Å². The Kier molecular flexibility index (Phi) is 6.72. The molecule has 0 saturated carbocycles. The second kappa shape index (κ2) is 6.88. The minimum absolute atomic E-state index is 0.185. The summed E-state index contributed by atoms with van der Waals surface area (Å²) < 4.78 is 7.84. The van der Waals surface area contributed by atoms with Gasteiger partial charge in [-0.3, -0.25) is 4.58 Å². The van der Waals surface area contributed by atoms with Gasteiger partial charge in [0.05, 0.1) is 5.34 Å². The first-order valence-electron chi connectivity index (χ1n) is 1.88. The summed E-state index contributed by atoms with van der Waals surface area (Å²) in [4.78, 5) is 7.90. The molecule has 0 radical (unpaired) electrons. The van der Waals surface area contributed by atoms with Gasteiger partial charge in [0, 0.05) is 12.9 Å². The van der Waals surface area contributed by atoms with E-state index in [1.165, 1.54) is 0 Å². The van der Waals surface area contributed by atoms with Gasteiger partial charge in [0.25, 0.3) is 0 Å². The van der Waals surface area contributed by atoms with Gasteiger partial charge < -0.3 is 0 Å². The predicted molar refractivity (Wildman–Crippen MR) is 31.3 cm³/mol. The van der Waals surface area contributed by atoms with Crippen molar-refractivity contribution in [2.45, 2.75) is 0 Å². The maximum absolute atomic E-state index is 6.30. The smallest absolute Gasteiger partial charge is 0.197 e. The van der Waals surface area contributed by atoms with Crippen LogP contribution in [0.3, 0.4) is 0 Å². The zero-order valence-electron chi connectivity index (χ0n) is 4.88. The molecule has 0 saturated heterocycles. The van der Waals surface area contributed by atoms with Gasteiger partial charge in [-0.15, -0.1) is 4.33 Å². The number of nitrogens with zero attached hydrogens (tertiary/aromatic N) is 2. The maximum atomic E-state index is 6.30. The van der Waals surface area contributed by atoms with Crippen LogP contribution >= 0.6 is 12.9 Å². The molecule has 0 unspecified atom stereocenters. The van der Waals surface area contributed by atoms with Crippen LogP contribution in [0.1, 0.15) is 0 Å². The van der Waals surface area contributed by atoms with Crippen LogP contribution in [0.5, 0.6) is 0 Å². The molecule has 0 spiro atoms. The number of nitrogens with one attached hydrogen (secondary N) is 1. The minimum Gasteiger partial charge on any atom is -0.267 e. The highest BCUT2D eigenvalue weighted by atomic mass is 32.1. The topological polar surface area (TPSA) is 85.6 Å². The number of hydrogen-bond donors (Lipinski definition) is 2. The second-order valence-corrected chi connectivity index (χ2v) is 1.28. The zero-order chi connectivity index (χ0) is 7.82. The van der Waals surface area contributed by atoms with Crippen molar-refractivity contribution in [2.75, 3.05) is 0 Å². The van der Waals surface area contributed by atoms with Gasteiger partial charge in [-0.25, -0.2) is 0 Å². The summed E-state index contributed by atoms with van der Waals surface area (Å²) in [5.41, 5.74) is 6.30. The number of hydrogen-bond acceptors (Lipinski definition) is 8. The molecule has 0 aromatic heterocycles. The van der Waals surface area contributed by atoms with Crippen molar-refractivity contribution in [1.29, 1.82) is 5.53 Å². The monoisotopic (exact) mass is 187 g/mol. The van der Waals surface area contributed by atoms with Gasteiger partial charge in [-0.2, -0.15) is 5.53 Å². The van der Waals surface area contributed by atoms with Crippen LogP contribution in [0.25, 0.3) is 0 Å². The molecule has 1 N–H and O–H groups in total. The van der Waals surface area contributed by atoms with Crippen molar-refractivity contribution in [3.8, 4) is 0 Å². The van der Waals surface area contributed by atoms with E-state index in [9.17, 15) is 0 Å². The molecule has 10 heavy (non-hydrogen) atoms. The quantitative estimate of drug-likeness (QED) is 0.139. The third-order valence-electron chi connectivity index (χ3n) is 0.341. The highest BCUT2D eigenvalue weighted by molar-refractivity contribution is 7.74. The number of thiol groups is 1. The Hall–Kier alpha value is -0.233. The molecule has 0 bridgehead atoms. The average molecular weight is 187 g/mol. The summed E-state index contributed by atoms with van der Waals surface area (Å²) in [5, 5.41) is 6.65. The Labute approximate surface area is 64.3 Å². The Bertz CT molecular complexity index is 91.0. The van der Waals surface area contributed by atoms with Crippen LogP contribution in [-0.2, 0) is 23.9 Å². The van der Waals surface area contributed by atoms with Crippen molar-refractivity contribution in [3.05, 3.63) is 0 Å². The first kappa shape index (κ1) is 9.77. The van der Waals surface area contributed by atoms with E-state index in [2.05, 4.69) is 42.1 Å². The molecule has 60 valence electrons. The normalized spacial score (nSPS) is 9.70. The van der Waals surface area contributed by atoms with Crippen LogP contribution in [0.4, 0.5) is 0 Å². The molecule has 0 heterocycles. The Morgan fingerprint density at radius 2 is 2.20 bits per heavy atom. The molecule has 0 fully saturated rings. The van der Waals surface area contributed by atoms with Crippen LogP contribution in [0.2, 0.25) is 0 Å². The lowest BCUT2D eigenvalue weighted by molar-refractivity contribution is -0.643. The van der Waals surface area contributed by atoms with E-state index in [0.29, 0.717) is 10.5 Å². The summed E-state index contributed by atoms with van der Waals surface area (Å²) in [7, 11) is 0.309. The van der Waals surface area contributed by atoms with Crippen molar-refractivity contribution in [1.82, 2.24) is 5.34 Å². The molecule has 0 rings (SSSR count). The van der Waals surface area contributed by atoms with E-state index in [1.807, 2.05) is 0 Å². The first-order valence-corrected chi connectivity index (χ1v) is 3.06. The molecule has 0 aromatic rings. The van der Waals surface area contributed by atoms with E-state index >= 15 is 0 Å². The molecule has 0 amide bonds. The molecular formula is H5N3O5SSi. The lowest BCUT2D eigenvalue weighted by atomic mass is 12.5. The fourth-order valence-corrected chi connectivity index (χ4v) is 0.249. The minimum atomic E-state index is 0.185. The standard InChI is InChI=1S/H5N3O5SSi/c1-2-3(5-7-9)4-6-8-10/h1,9H,10H3. The van der Waals surface area contributed by atoms with E-state index in [0.717, 1.165) is 0 Å². The molecule has 0 aromatic carbocycles. The Balaban J connectivity index is 3.29. The van der Waals surface area contributed by atoms with E-state index in [1.54, 1.807) is 0 Å². The van der Waals surface area contributed by atoms with Gasteiger partial charge in [0.2, 0.25) is 0 Å². The summed E-state index contributed by atoms with van der Waals surface area (Å²) >= 11 is 3.16. The summed E-state index contributed by atoms with van der Waals surface area (Å²) in [5.74, 6) is 0. The predicted octanol–water partition coefficient (Wildman–Crippen LogP) is -0.982. The first-order chi connectivity index (χ1) is 4.85. The van der Waals surface area contributed by atoms with E-state index in [-0.39, 0.29) is 5.34 Å². The molecule has 0 atom stereocenters. The van der Waals surface area contributed by atoms with Crippen molar-refractivity contribution < 1.29 is 23.9 Å². The van der Waals surface area contributed by atoms with Gasteiger partial charge in [0.15, 0.2) is 10.5 Å². The van der Waals surface area contributed by atoms with Gasteiger partial charge >= 0.3 is 0 Å². The SMILES string of the molecule is N=NN(OOS)OOO[SiH3]. The fourth-order valence-electron chi connectivity index (χ4n) is 0.131. The second-order valence-electron chi connectivity index (χ2n) is 0.796. The van der Waals surface area contributed by atoms with Gasteiger partial charge in [0.1, 0.15) is 0 Å². The largest absolute Gasteiger partial charge is 0.267 e. The van der Waals surface area contributed by atoms with Crippen molar-refractivity contribution >= 4 is 23.4 Å². The Morgan fingerprint density at radius 1 is 1.50 bits per heavy atom. The van der Waals surface area contributed by atoms with Gasteiger partial charge in [-0.05, 0) is 15.2 Å². The maximum Gasteiger partial charge on any atom is 0.197 e. The molecule has 0 aliphatic heterocycles. The van der Waals surface area contributed by atoms with Crippen LogP contribution in [0.15, 0.2) is 5.22 Å². The fraction of sp³-hybridized carbons (Fsp3) is 0. The highest BCUT2D eigenvalue weighted by Crippen LogP contribution is 1.95. The van der Waals surface area contributed by atoms with Crippen molar-refractivity contribution in [2.24, 2.45) is 5.22 Å². The third-order valence-corrected chi connectivity index (χ3v) is 0.544. The lowest BCUT2D eigenvalue weighted by Crippen LogP contribution is -2.16. The van der Waals surface area contributed by atoms with Crippen LogP contribution < -0.4 is 0 Å². The molecule has 0 aliphatic rings. The van der Waals surface area contributed by atoms with Crippen LogP contribution in [-0.4, -0.2) is 15.8 Å². The summed E-state index contributed by atoms with van der Waals surface area (Å²) in [6.07, 6.45) is 0. The Morgan fingerprint density at radius 3 is 2.60 bits per heavy atom. The molecule has 0 aliphatic carbocycles. The summed E-state index contributed by atoms with van der Waals surface area (Å²) in [6.45, 7) is 0. The average Bonchev–Trinajstić information content (AvgIpc) is 1.98. The summed E-state index contributed by atoms with van der Waals surface area (Å²) in [6, 6.07) is 0. The number of rotatable bonds is 6. The lowest BCUT2D eigenvalue weighted by Gasteiger charge is -2.06. The third kappa shape index (κ3) is 4.63. The van der Waals surface area contributed by atoms with Crippen molar-refractivity contribution in [3.63, 3.8) is 0 Å². The van der Waals surface area contributed by atoms with Gasteiger partial charge in [-0.1, -0.05) is 5.04 Å². The molecule has 10 heteroatoms. The van der Waals surface area contributed by atoms with E-state index < -0.39 is 0 Å². The molecule has 8 nitrogen and oxygen atoms in total. The van der Waals surface area contributed by atoms with Crippen LogP contribution in [0, 0.1) is 5.53 Å².